The van der Waals surface area contributed by atoms with Gasteiger partial charge in [0.1, 0.15) is 0 Å². The van der Waals surface area contributed by atoms with Crippen LogP contribution in [0.5, 0.6) is 0 Å². The fourth-order valence-electron chi connectivity index (χ4n) is 3.49. The normalized spacial score (nSPS) is 34.3. The SMILES string of the molecule is CN1CCCC1CN=C1NC2(CCCCC2)CS1. The summed E-state index contributed by atoms with van der Waals surface area (Å²) in [6, 6.07) is 0.683. The molecule has 1 aliphatic carbocycles. The molecule has 1 atom stereocenters. The van der Waals surface area contributed by atoms with Gasteiger partial charge in [-0.2, -0.15) is 0 Å². The second kappa shape index (κ2) is 5.41. The molecule has 1 spiro atoms. The lowest BCUT2D eigenvalue weighted by molar-refractivity contribution is 0.302. The fraction of sp³-hybridized carbons (Fsp3) is 0.929. The fourth-order valence-corrected chi connectivity index (χ4v) is 4.72. The molecule has 0 aromatic rings. The topological polar surface area (TPSA) is 27.6 Å². The van der Waals surface area contributed by atoms with Gasteiger partial charge in [0, 0.05) is 17.3 Å². The van der Waals surface area contributed by atoms with Crippen molar-refractivity contribution in [2.24, 2.45) is 4.99 Å². The molecule has 1 saturated carbocycles. The maximum atomic E-state index is 4.83. The molecule has 0 amide bonds. The Balaban J connectivity index is 1.54. The number of hydrogen-bond donors (Lipinski definition) is 1. The van der Waals surface area contributed by atoms with Gasteiger partial charge in [0.15, 0.2) is 5.17 Å². The van der Waals surface area contributed by atoms with E-state index in [4.69, 9.17) is 4.99 Å². The third-order valence-corrected chi connectivity index (χ3v) is 5.99. The summed E-state index contributed by atoms with van der Waals surface area (Å²) in [5.41, 5.74) is 0.406. The number of nitrogens with zero attached hydrogens (tertiary/aromatic N) is 2. The molecule has 0 aromatic heterocycles. The molecule has 1 unspecified atom stereocenters. The van der Waals surface area contributed by atoms with Crippen LogP contribution in [-0.4, -0.2) is 47.5 Å². The molecular formula is C14H25N3S. The summed E-state index contributed by atoms with van der Waals surface area (Å²) in [7, 11) is 2.23. The molecule has 18 heavy (non-hydrogen) atoms. The highest BCUT2D eigenvalue weighted by Gasteiger charge is 2.38. The van der Waals surface area contributed by atoms with Gasteiger partial charge in [-0.25, -0.2) is 0 Å². The summed E-state index contributed by atoms with van der Waals surface area (Å²) >= 11 is 1.95. The first-order valence-electron chi connectivity index (χ1n) is 7.43. The number of likely N-dealkylation sites (N-methyl/N-ethyl adjacent to an activating group) is 1. The molecule has 0 radical (unpaired) electrons. The van der Waals surface area contributed by atoms with Crippen molar-refractivity contribution in [1.29, 1.82) is 0 Å². The summed E-state index contributed by atoms with van der Waals surface area (Å²) < 4.78 is 0. The number of amidine groups is 1. The third kappa shape index (κ3) is 2.69. The molecule has 0 aromatic carbocycles. The summed E-state index contributed by atoms with van der Waals surface area (Å²) in [4.78, 5) is 7.29. The first-order chi connectivity index (χ1) is 8.77. The van der Waals surface area contributed by atoms with Crippen molar-refractivity contribution in [3.63, 3.8) is 0 Å². The van der Waals surface area contributed by atoms with Crippen molar-refractivity contribution in [2.75, 3.05) is 25.9 Å². The monoisotopic (exact) mass is 267 g/mol. The Kier molecular flexibility index (Phi) is 3.85. The summed E-state index contributed by atoms with van der Waals surface area (Å²) in [6.07, 6.45) is 9.58. The Morgan fingerprint density at radius 3 is 2.89 bits per heavy atom. The number of thioether (sulfide) groups is 1. The van der Waals surface area contributed by atoms with E-state index in [1.54, 1.807) is 0 Å². The number of aliphatic imine (C=N–C) groups is 1. The number of likely N-dealkylation sites (tertiary alicyclic amines) is 1. The first kappa shape index (κ1) is 12.8. The number of hydrogen-bond acceptors (Lipinski definition) is 3. The Morgan fingerprint density at radius 2 is 2.17 bits per heavy atom. The van der Waals surface area contributed by atoms with Crippen LogP contribution in [0.4, 0.5) is 0 Å². The van der Waals surface area contributed by atoms with Crippen molar-refractivity contribution in [3.05, 3.63) is 0 Å². The van der Waals surface area contributed by atoms with Crippen LogP contribution < -0.4 is 5.32 Å². The Bertz CT molecular complexity index is 323. The standard InChI is InChI=1S/C14H25N3S/c1-17-9-5-6-12(17)10-15-13-16-14(11-18-13)7-3-2-4-8-14/h12H,2-11H2,1H3,(H,15,16). The van der Waals surface area contributed by atoms with Crippen molar-refractivity contribution in [3.8, 4) is 0 Å². The van der Waals surface area contributed by atoms with E-state index in [-0.39, 0.29) is 0 Å². The van der Waals surface area contributed by atoms with Crippen LogP contribution in [0.25, 0.3) is 0 Å². The number of nitrogens with one attached hydrogen (secondary N) is 1. The lowest BCUT2D eigenvalue weighted by Crippen LogP contribution is -2.45. The maximum Gasteiger partial charge on any atom is 0.157 e. The Labute approximate surface area is 115 Å². The Hall–Kier alpha value is -0.220. The van der Waals surface area contributed by atoms with Gasteiger partial charge in [-0.15, -0.1) is 0 Å². The smallest absolute Gasteiger partial charge is 0.157 e. The van der Waals surface area contributed by atoms with Crippen molar-refractivity contribution < 1.29 is 0 Å². The minimum Gasteiger partial charge on any atom is -0.359 e. The molecule has 0 bridgehead atoms. The second-order valence-corrected chi connectivity index (χ2v) is 7.14. The van der Waals surface area contributed by atoms with E-state index in [9.17, 15) is 0 Å². The van der Waals surface area contributed by atoms with E-state index >= 15 is 0 Å². The lowest BCUT2D eigenvalue weighted by atomic mass is 9.83. The van der Waals surface area contributed by atoms with Crippen LogP contribution in [0.3, 0.4) is 0 Å². The molecule has 2 heterocycles. The zero-order valence-electron chi connectivity index (χ0n) is 11.5. The van der Waals surface area contributed by atoms with E-state index < -0.39 is 0 Å². The molecule has 1 N–H and O–H groups in total. The van der Waals surface area contributed by atoms with Gasteiger partial charge >= 0.3 is 0 Å². The van der Waals surface area contributed by atoms with Crippen LogP contribution in [0.2, 0.25) is 0 Å². The van der Waals surface area contributed by atoms with Gasteiger partial charge < -0.3 is 10.2 Å². The molecule has 4 heteroatoms. The molecular weight excluding hydrogens is 242 g/mol. The van der Waals surface area contributed by atoms with Gasteiger partial charge in [-0.1, -0.05) is 31.0 Å². The Morgan fingerprint density at radius 1 is 1.33 bits per heavy atom. The molecule has 3 fully saturated rings. The molecule has 2 saturated heterocycles. The van der Waals surface area contributed by atoms with Crippen molar-refractivity contribution >= 4 is 16.9 Å². The first-order valence-corrected chi connectivity index (χ1v) is 8.42. The van der Waals surface area contributed by atoms with Crippen LogP contribution in [0, 0.1) is 0 Å². The third-order valence-electron chi connectivity index (χ3n) is 4.79. The molecule has 2 aliphatic heterocycles. The van der Waals surface area contributed by atoms with Gasteiger partial charge in [0.2, 0.25) is 0 Å². The predicted molar refractivity (Wildman–Crippen MR) is 79.4 cm³/mol. The van der Waals surface area contributed by atoms with Gasteiger partial charge in [-0.05, 0) is 39.3 Å². The summed E-state index contributed by atoms with van der Waals surface area (Å²) in [5, 5.41) is 4.96. The van der Waals surface area contributed by atoms with E-state index in [1.807, 2.05) is 11.8 Å². The average molecular weight is 267 g/mol. The zero-order chi connectivity index (χ0) is 12.4. The van der Waals surface area contributed by atoms with Gasteiger partial charge in [-0.3, -0.25) is 4.99 Å². The highest BCUT2D eigenvalue weighted by molar-refractivity contribution is 8.14. The average Bonchev–Trinajstić information content (AvgIpc) is 2.96. The van der Waals surface area contributed by atoms with Gasteiger partial charge in [0.25, 0.3) is 0 Å². The van der Waals surface area contributed by atoms with E-state index in [1.165, 1.54) is 62.4 Å². The van der Waals surface area contributed by atoms with Crippen LogP contribution >= 0.6 is 11.8 Å². The van der Waals surface area contributed by atoms with Crippen molar-refractivity contribution in [2.45, 2.75) is 56.5 Å². The largest absolute Gasteiger partial charge is 0.359 e. The van der Waals surface area contributed by atoms with E-state index in [0.717, 1.165) is 6.54 Å². The molecule has 102 valence electrons. The lowest BCUT2D eigenvalue weighted by Gasteiger charge is -2.32. The highest BCUT2D eigenvalue weighted by Crippen LogP contribution is 2.36. The van der Waals surface area contributed by atoms with Crippen LogP contribution in [-0.2, 0) is 0 Å². The maximum absolute atomic E-state index is 4.83. The highest BCUT2D eigenvalue weighted by atomic mass is 32.2. The summed E-state index contributed by atoms with van der Waals surface area (Å²) in [6.45, 7) is 2.24. The molecule has 3 aliphatic rings. The van der Waals surface area contributed by atoms with E-state index in [0.29, 0.717) is 11.6 Å². The van der Waals surface area contributed by atoms with Crippen LogP contribution in [0.15, 0.2) is 4.99 Å². The number of rotatable bonds is 2. The van der Waals surface area contributed by atoms with Crippen LogP contribution in [0.1, 0.15) is 44.9 Å². The predicted octanol–water partition coefficient (Wildman–Crippen LogP) is 2.48. The summed E-state index contributed by atoms with van der Waals surface area (Å²) in [5.74, 6) is 1.24. The van der Waals surface area contributed by atoms with Crippen molar-refractivity contribution in [1.82, 2.24) is 10.2 Å². The molecule has 3 nitrogen and oxygen atoms in total. The zero-order valence-corrected chi connectivity index (χ0v) is 12.3. The quantitative estimate of drug-likeness (QED) is 0.833. The molecule has 3 rings (SSSR count). The minimum atomic E-state index is 0.406. The minimum absolute atomic E-state index is 0.406. The van der Waals surface area contributed by atoms with Gasteiger partial charge in [0.05, 0.1) is 6.54 Å². The second-order valence-electron chi connectivity index (χ2n) is 6.18. The van der Waals surface area contributed by atoms with E-state index in [2.05, 4.69) is 17.3 Å².